The normalized spacial score (nSPS) is 17.1. The van der Waals surface area contributed by atoms with Crippen molar-refractivity contribution >= 4 is 24.2 Å². The van der Waals surface area contributed by atoms with E-state index in [0.29, 0.717) is 23.6 Å². The van der Waals surface area contributed by atoms with Gasteiger partial charge in [0.15, 0.2) is 18.1 Å². The Morgan fingerprint density at radius 1 is 1.39 bits per heavy atom. The summed E-state index contributed by atoms with van der Waals surface area (Å²) in [6.07, 6.45) is 0. The van der Waals surface area contributed by atoms with Crippen molar-refractivity contribution in [1.82, 2.24) is 10.2 Å². The molecule has 1 aromatic carbocycles. The number of amides is 2. The number of nitrogens with zero attached hydrogens (tertiary/aromatic N) is 1. The molecule has 7 nitrogen and oxygen atoms in total. The van der Waals surface area contributed by atoms with Crippen LogP contribution in [0.3, 0.4) is 0 Å². The molecule has 0 unspecified atom stereocenters. The number of halogens is 1. The maximum Gasteiger partial charge on any atom is 0.255 e. The standard InChI is InChI=1S/C15H21N3O4.ClH/c1-10-8-17-5-6-18(10)15(20)11-3-4-12(13(7-11)21-2)22-9-14(16)19;/h3-4,7,10,17H,5-6,8-9H2,1-2H3,(H2,16,19);1H/t10-;/m0./s1. The van der Waals surface area contributed by atoms with Gasteiger partial charge >= 0.3 is 0 Å². The van der Waals surface area contributed by atoms with E-state index in [2.05, 4.69) is 5.32 Å². The van der Waals surface area contributed by atoms with Crippen LogP contribution in [0, 0.1) is 0 Å². The number of benzene rings is 1. The smallest absolute Gasteiger partial charge is 0.255 e. The zero-order valence-corrected chi connectivity index (χ0v) is 14.0. The number of primary amides is 1. The van der Waals surface area contributed by atoms with E-state index < -0.39 is 5.91 Å². The lowest BCUT2D eigenvalue weighted by molar-refractivity contribution is -0.119. The number of rotatable bonds is 5. The molecule has 0 bridgehead atoms. The summed E-state index contributed by atoms with van der Waals surface area (Å²) in [7, 11) is 1.48. The molecule has 1 saturated heterocycles. The largest absolute Gasteiger partial charge is 0.493 e. The van der Waals surface area contributed by atoms with Gasteiger partial charge in [-0.25, -0.2) is 0 Å². The van der Waals surface area contributed by atoms with E-state index in [0.717, 1.165) is 13.1 Å². The lowest BCUT2D eigenvalue weighted by Gasteiger charge is -2.34. The summed E-state index contributed by atoms with van der Waals surface area (Å²) in [6.45, 7) is 4.00. The zero-order valence-electron chi connectivity index (χ0n) is 13.2. The van der Waals surface area contributed by atoms with Crippen LogP contribution in [0.15, 0.2) is 18.2 Å². The van der Waals surface area contributed by atoms with Gasteiger partial charge in [-0.2, -0.15) is 0 Å². The molecule has 0 aliphatic carbocycles. The second-order valence-corrected chi connectivity index (χ2v) is 5.17. The van der Waals surface area contributed by atoms with Gasteiger partial charge in [0.25, 0.3) is 11.8 Å². The molecule has 2 rings (SSSR count). The monoisotopic (exact) mass is 343 g/mol. The molecule has 0 spiro atoms. The summed E-state index contributed by atoms with van der Waals surface area (Å²) in [5.74, 6) is 0.159. The lowest BCUT2D eigenvalue weighted by atomic mass is 10.1. The number of hydrogen-bond acceptors (Lipinski definition) is 5. The Hall–Kier alpha value is -1.99. The number of piperazine rings is 1. The van der Waals surface area contributed by atoms with Gasteiger partial charge in [0.1, 0.15) is 0 Å². The fraction of sp³-hybridized carbons (Fsp3) is 0.467. The Balaban J connectivity index is 0.00000264. The minimum atomic E-state index is -0.572. The van der Waals surface area contributed by atoms with Crippen LogP contribution in [0.4, 0.5) is 0 Å². The van der Waals surface area contributed by atoms with Gasteiger partial charge in [-0.15, -0.1) is 12.4 Å². The van der Waals surface area contributed by atoms with Crippen LogP contribution < -0.4 is 20.5 Å². The number of nitrogens with one attached hydrogen (secondary N) is 1. The number of nitrogens with two attached hydrogens (primary N) is 1. The van der Waals surface area contributed by atoms with Crippen LogP contribution in [0.1, 0.15) is 17.3 Å². The van der Waals surface area contributed by atoms with Crippen molar-refractivity contribution in [1.29, 1.82) is 0 Å². The predicted molar refractivity (Wildman–Crippen MR) is 88.3 cm³/mol. The van der Waals surface area contributed by atoms with Crippen LogP contribution in [0.25, 0.3) is 0 Å². The number of carbonyl (C=O) groups is 2. The third-order valence-electron chi connectivity index (χ3n) is 3.54. The molecule has 2 amide bonds. The van der Waals surface area contributed by atoms with Crippen molar-refractivity contribution in [2.24, 2.45) is 5.73 Å². The predicted octanol–water partition coefficient (Wildman–Crippen LogP) is 0.415. The first kappa shape index (κ1) is 19.1. The molecule has 8 heteroatoms. The van der Waals surface area contributed by atoms with E-state index in [9.17, 15) is 9.59 Å². The molecular formula is C15H22ClN3O4. The van der Waals surface area contributed by atoms with Gasteiger partial charge in [0.2, 0.25) is 0 Å². The van der Waals surface area contributed by atoms with Gasteiger partial charge in [-0.05, 0) is 25.1 Å². The summed E-state index contributed by atoms with van der Waals surface area (Å²) in [6, 6.07) is 5.03. The summed E-state index contributed by atoms with van der Waals surface area (Å²) in [5, 5.41) is 3.25. The Bertz CT molecular complexity index is 568. The fourth-order valence-corrected chi connectivity index (χ4v) is 2.38. The lowest BCUT2D eigenvalue weighted by Crippen LogP contribution is -2.52. The van der Waals surface area contributed by atoms with Crippen LogP contribution in [0.5, 0.6) is 11.5 Å². The van der Waals surface area contributed by atoms with Crippen molar-refractivity contribution in [3.8, 4) is 11.5 Å². The molecule has 0 radical (unpaired) electrons. The molecule has 3 N–H and O–H groups in total. The van der Waals surface area contributed by atoms with Gasteiger partial charge in [0, 0.05) is 31.2 Å². The SMILES string of the molecule is COc1cc(C(=O)N2CCNC[C@@H]2C)ccc1OCC(N)=O.Cl. The van der Waals surface area contributed by atoms with Crippen LogP contribution >= 0.6 is 12.4 Å². The zero-order chi connectivity index (χ0) is 16.1. The van der Waals surface area contributed by atoms with E-state index in [1.807, 2.05) is 11.8 Å². The quantitative estimate of drug-likeness (QED) is 0.808. The Kier molecular flexibility index (Phi) is 7.12. The topological polar surface area (TPSA) is 93.9 Å². The van der Waals surface area contributed by atoms with E-state index in [1.54, 1.807) is 18.2 Å². The van der Waals surface area contributed by atoms with Crippen LogP contribution in [-0.2, 0) is 4.79 Å². The Morgan fingerprint density at radius 3 is 2.74 bits per heavy atom. The second-order valence-electron chi connectivity index (χ2n) is 5.17. The summed E-state index contributed by atoms with van der Waals surface area (Å²) in [4.78, 5) is 25.2. The minimum Gasteiger partial charge on any atom is -0.493 e. The van der Waals surface area contributed by atoms with Crippen LogP contribution in [-0.4, -0.2) is 56.1 Å². The highest BCUT2D eigenvalue weighted by Crippen LogP contribution is 2.28. The maximum atomic E-state index is 12.6. The Morgan fingerprint density at radius 2 is 2.13 bits per heavy atom. The molecule has 0 saturated carbocycles. The Labute approximate surface area is 141 Å². The first-order valence-corrected chi connectivity index (χ1v) is 7.13. The highest BCUT2D eigenvalue weighted by Gasteiger charge is 2.24. The molecule has 128 valence electrons. The first-order chi connectivity index (χ1) is 10.5. The van der Waals surface area contributed by atoms with Crippen molar-refractivity contribution < 1.29 is 19.1 Å². The summed E-state index contributed by atoms with van der Waals surface area (Å²) >= 11 is 0. The summed E-state index contributed by atoms with van der Waals surface area (Å²) in [5.41, 5.74) is 5.58. The fourth-order valence-electron chi connectivity index (χ4n) is 2.38. The first-order valence-electron chi connectivity index (χ1n) is 7.13. The number of methoxy groups -OCH3 is 1. The van der Waals surface area contributed by atoms with Crippen molar-refractivity contribution in [2.45, 2.75) is 13.0 Å². The molecule has 1 fully saturated rings. The number of carbonyl (C=O) groups excluding carboxylic acids is 2. The van der Waals surface area contributed by atoms with E-state index >= 15 is 0 Å². The number of hydrogen-bond donors (Lipinski definition) is 2. The second kappa shape index (κ2) is 8.59. The average molecular weight is 344 g/mol. The highest BCUT2D eigenvalue weighted by atomic mass is 35.5. The van der Waals surface area contributed by atoms with Gasteiger partial charge in [0.05, 0.1) is 7.11 Å². The molecule has 1 atom stereocenters. The van der Waals surface area contributed by atoms with E-state index in [4.69, 9.17) is 15.2 Å². The molecular weight excluding hydrogens is 322 g/mol. The molecule has 1 aromatic rings. The molecule has 1 aliphatic rings. The van der Waals surface area contributed by atoms with Gasteiger partial charge in [-0.3, -0.25) is 9.59 Å². The summed E-state index contributed by atoms with van der Waals surface area (Å²) < 4.78 is 10.5. The van der Waals surface area contributed by atoms with E-state index in [1.165, 1.54) is 7.11 Å². The van der Waals surface area contributed by atoms with Crippen molar-refractivity contribution in [2.75, 3.05) is 33.4 Å². The molecule has 1 heterocycles. The van der Waals surface area contributed by atoms with Gasteiger partial charge < -0.3 is 25.4 Å². The number of ether oxygens (including phenoxy) is 2. The third-order valence-corrected chi connectivity index (χ3v) is 3.54. The average Bonchev–Trinajstić information content (AvgIpc) is 2.52. The minimum absolute atomic E-state index is 0. The highest BCUT2D eigenvalue weighted by molar-refractivity contribution is 5.95. The third kappa shape index (κ3) is 4.74. The maximum absolute atomic E-state index is 12.6. The molecule has 23 heavy (non-hydrogen) atoms. The van der Waals surface area contributed by atoms with Gasteiger partial charge in [-0.1, -0.05) is 0 Å². The van der Waals surface area contributed by atoms with Crippen molar-refractivity contribution in [3.63, 3.8) is 0 Å². The molecule has 0 aromatic heterocycles. The molecule has 1 aliphatic heterocycles. The van der Waals surface area contributed by atoms with Crippen LogP contribution in [0.2, 0.25) is 0 Å². The van der Waals surface area contributed by atoms with Crippen molar-refractivity contribution in [3.05, 3.63) is 23.8 Å². The van der Waals surface area contributed by atoms with E-state index in [-0.39, 0.29) is 31.0 Å².